The Hall–Kier alpha value is -1.33. The van der Waals surface area contributed by atoms with Gasteiger partial charge >= 0.3 is 0 Å². The maximum Gasteiger partial charge on any atom is 0.0752 e. The van der Waals surface area contributed by atoms with Crippen molar-refractivity contribution >= 4 is 20.6 Å². The molecule has 4 nitrogen and oxygen atoms in total. The minimum Gasteiger partial charge on any atom is -0.346 e. The summed E-state index contributed by atoms with van der Waals surface area (Å²) in [5.41, 5.74) is 2.55. The molecular formula is C18H27N3OS. The van der Waals surface area contributed by atoms with Crippen LogP contribution in [0.4, 0.5) is 0 Å². The van der Waals surface area contributed by atoms with E-state index in [4.69, 9.17) is 0 Å². The van der Waals surface area contributed by atoms with Crippen LogP contribution >= 0.6 is 0 Å². The molecule has 3 rings (SSSR count). The number of aromatic nitrogens is 1. The monoisotopic (exact) mass is 333 g/mol. The number of rotatable bonds is 3. The predicted octanol–water partition coefficient (Wildman–Crippen LogP) is 3.38. The van der Waals surface area contributed by atoms with Gasteiger partial charge in [-0.3, -0.25) is 0 Å². The molecule has 2 heterocycles. The molecular weight excluding hydrogens is 306 g/mol. The van der Waals surface area contributed by atoms with E-state index in [0.29, 0.717) is 5.75 Å². The van der Waals surface area contributed by atoms with E-state index in [9.17, 15) is 4.21 Å². The minimum absolute atomic E-state index is 0.0775. The Balaban J connectivity index is 2.13. The van der Waals surface area contributed by atoms with Crippen LogP contribution in [0, 0.1) is 0 Å². The summed E-state index contributed by atoms with van der Waals surface area (Å²) in [5, 5.41) is 1.24. The summed E-state index contributed by atoms with van der Waals surface area (Å²) in [6.07, 6.45) is 4.12. The van der Waals surface area contributed by atoms with Crippen LogP contribution in [0.5, 0.6) is 0 Å². The number of hydrogen-bond acceptors (Lipinski definition) is 3. The minimum atomic E-state index is -2.21. The molecule has 1 aliphatic rings. The summed E-state index contributed by atoms with van der Waals surface area (Å²) in [6, 6.07) is 6.35. The molecule has 0 bridgehead atoms. The molecule has 1 atom stereocenters. The van der Waals surface area contributed by atoms with Crippen molar-refractivity contribution in [1.82, 2.24) is 9.47 Å². The molecule has 1 aromatic heterocycles. The lowest BCUT2D eigenvalue weighted by molar-refractivity contribution is 0.171. The SMILES string of the molecule is CN=S1(=O)CCCc2c1ccc1c2ccn1CC(C)(C)N(C)C. The first kappa shape index (κ1) is 16.5. The van der Waals surface area contributed by atoms with Gasteiger partial charge in [-0.15, -0.1) is 0 Å². The van der Waals surface area contributed by atoms with Crippen molar-refractivity contribution in [1.29, 1.82) is 0 Å². The Morgan fingerprint density at radius 2 is 2.04 bits per heavy atom. The Morgan fingerprint density at radius 1 is 1.30 bits per heavy atom. The van der Waals surface area contributed by atoms with E-state index in [0.717, 1.165) is 24.3 Å². The third kappa shape index (κ3) is 2.70. The first-order chi connectivity index (χ1) is 10.8. The summed E-state index contributed by atoms with van der Waals surface area (Å²) < 4.78 is 19.5. The molecule has 1 unspecified atom stereocenters. The second-order valence-electron chi connectivity index (χ2n) is 7.26. The Morgan fingerprint density at radius 3 is 2.70 bits per heavy atom. The molecule has 0 N–H and O–H groups in total. The smallest absolute Gasteiger partial charge is 0.0752 e. The van der Waals surface area contributed by atoms with Crippen molar-refractivity contribution in [3.63, 3.8) is 0 Å². The van der Waals surface area contributed by atoms with Gasteiger partial charge in [-0.05, 0) is 64.5 Å². The zero-order chi connectivity index (χ0) is 16.8. The largest absolute Gasteiger partial charge is 0.346 e. The lowest BCUT2D eigenvalue weighted by Crippen LogP contribution is -2.41. The van der Waals surface area contributed by atoms with Gasteiger partial charge in [0.05, 0.1) is 14.6 Å². The normalized spacial score (nSPS) is 21.7. The van der Waals surface area contributed by atoms with Crippen LogP contribution in [0.2, 0.25) is 0 Å². The fourth-order valence-corrected chi connectivity index (χ4v) is 5.32. The average Bonchev–Trinajstić information content (AvgIpc) is 2.90. The third-order valence-electron chi connectivity index (χ3n) is 5.28. The van der Waals surface area contributed by atoms with Crippen LogP contribution < -0.4 is 0 Å². The van der Waals surface area contributed by atoms with Gasteiger partial charge in [0.1, 0.15) is 0 Å². The molecule has 23 heavy (non-hydrogen) atoms. The predicted molar refractivity (Wildman–Crippen MR) is 97.7 cm³/mol. The average molecular weight is 334 g/mol. The quantitative estimate of drug-likeness (QED) is 0.863. The molecule has 0 saturated heterocycles. The van der Waals surface area contributed by atoms with Gasteiger partial charge < -0.3 is 9.47 Å². The fourth-order valence-electron chi connectivity index (χ4n) is 3.31. The van der Waals surface area contributed by atoms with Crippen LogP contribution in [0.15, 0.2) is 33.7 Å². The molecule has 2 aromatic rings. The summed E-state index contributed by atoms with van der Waals surface area (Å²) in [6.45, 7) is 5.43. The number of nitrogens with zero attached hydrogens (tertiary/aromatic N) is 3. The zero-order valence-corrected chi connectivity index (χ0v) is 15.6. The van der Waals surface area contributed by atoms with Gasteiger partial charge in [-0.25, -0.2) is 8.57 Å². The van der Waals surface area contributed by atoms with Crippen molar-refractivity contribution in [2.75, 3.05) is 26.9 Å². The van der Waals surface area contributed by atoms with Gasteiger partial charge in [0.2, 0.25) is 0 Å². The molecule has 126 valence electrons. The second kappa shape index (κ2) is 5.64. The lowest BCUT2D eigenvalue weighted by atomic mass is 10.0. The van der Waals surface area contributed by atoms with Gasteiger partial charge in [0, 0.05) is 42.0 Å². The maximum absolute atomic E-state index is 13.0. The highest BCUT2D eigenvalue weighted by molar-refractivity contribution is 7.93. The van der Waals surface area contributed by atoms with E-state index in [1.165, 1.54) is 16.5 Å². The first-order valence-corrected chi connectivity index (χ1v) is 9.88. The molecule has 0 aliphatic carbocycles. The Kier molecular flexibility index (Phi) is 4.05. The summed E-state index contributed by atoms with van der Waals surface area (Å²) >= 11 is 0. The van der Waals surface area contributed by atoms with Gasteiger partial charge in [-0.1, -0.05) is 0 Å². The highest BCUT2D eigenvalue weighted by atomic mass is 32.2. The summed E-state index contributed by atoms with van der Waals surface area (Å²) in [7, 11) is 3.71. The van der Waals surface area contributed by atoms with Crippen LogP contribution in [0.25, 0.3) is 10.9 Å². The second-order valence-corrected chi connectivity index (χ2v) is 9.75. The molecule has 5 heteroatoms. The van der Waals surface area contributed by atoms with E-state index in [2.05, 4.69) is 60.1 Å². The summed E-state index contributed by atoms with van der Waals surface area (Å²) in [5.74, 6) is 0.691. The number of likely N-dealkylation sites (N-methyl/N-ethyl adjacent to an activating group) is 1. The molecule has 0 saturated carbocycles. The van der Waals surface area contributed by atoms with Gasteiger partial charge in [-0.2, -0.15) is 0 Å². The molecule has 1 aliphatic heterocycles. The molecule has 0 fully saturated rings. The highest BCUT2D eigenvalue weighted by Gasteiger charge is 2.25. The van der Waals surface area contributed by atoms with Gasteiger partial charge in [0.25, 0.3) is 0 Å². The number of hydrogen-bond donors (Lipinski definition) is 0. The maximum atomic E-state index is 13.0. The van der Waals surface area contributed by atoms with E-state index < -0.39 is 9.73 Å². The highest BCUT2D eigenvalue weighted by Crippen LogP contribution is 2.33. The molecule has 0 amide bonds. The van der Waals surface area contributed by atoms with Crippen molar-refractivity contribution in [2.45, 2.75) is 43.7 Å². The fraction of sp³-hybridized carbons (Fsp3) is 0.556. The van der Waals surface area contributed by atoms with Crippen molar-refractivity contribution < 1.29 is 4.21 Å². The molecule has 0 radical (unpaired) electrons. The van der Waals surface area contributed by atoms with Gasteiger partial charge in [0.15, 0.2) is 0 Å². The van der Waals surface area contributed by atoms with E-state index >= 15 is 0 Å². The standard InChI is InChI=1S/C18H27N3OS/c1-18(2,20(4)5)13-21-11-10-14-15-7-6-12-23(22,19-3)17(15)9-8-16(14)21/h8-11H,6-7,12-13H2,1-5H3. The van der Waals surface area contributed by atoms with E-state index in [1.54, 1.807) is 7.05 Å². The van der Waals surface area contributed by atoms with Crippen LogP contribution in [-0.4, -0.2) is 46.1 Å². The topological polar surface area (TPSA) is 37.6 Å². The Labute approximate surface area is 139 Å². The van der Waals surface area contributed by atoms with Crippen molar-refractivity contribution in [3.8, 4) is 0 Å². The number of aryl methyl sites for hydroxylation is 1. The van der Waals surface area contributed by atoms with Crippen LogP contribution in [0.3, 0.4) is 0 Å². The Bertz CT molecular complexity index is 855. The van der Waals surface area contributed by atoms with Crippen LogP contribution in [-0.2, 0) is 22.7 Å². The molecule has 0 spiro atoms. The summed E-state index contributed by atoms with van der Waals surface area (Å²) in [4.78, 5) is 3.21. The lowest BCUT2D eigenvalue weighted by Gasteiger charge is -2.33. The number of fused-ring (bicyclic) bond motifs is 3. The molecule has 1 aromatic carbocycles. The van der Waals surface area contributed by atoms with Crippen molar-refractivity contribution in [3.05, 3.63) is 30.0 Å². The van der Waals surface area contributed by atoms with Crippen LogP contribution in [0.1, 0.15) is 25.8 Å². The first-order valence-electron chi connectivity index (χ1n) is 8.20. The van der Waals surface area contributed by atoms with Crippen molar-refractivity contribution in [2.24, 2.45) is 4.36 Å². The van der Waals surface area contributed by atoms with E-state index in [1.807, 2.05) is 6.07 Å². The zero-order valence-electron chi connectivity index (χ0n) is 14.8. The third-order valence-corrected chi connectivity index (χ3v) is 7.78. The van der Waals surface area contributed by atoms with E-state index in [-0.39, 0.29) is 5.54 Å². The number of benzene rings is 1.